The summed E-state index contributed by atoms with van der Waals surface area (Å²) >= 11 is 0. The van der Waals surface area contributed by atoms with E-state index in [-0.39, 0.29) is 5.92 Å². The first kappa shape index (κ1) is 19.3. The molecule has 5 aromatic rings. The molecule has 0 saturated carbocycles. The van der Waals surface area contributed by atoms with Gasteiger partial charge < -0.3 is 15.7 Å². The number of rotatable bonds is 4. The molecule has 0 atom stereocenters. The molecule has 9 heteroatoms. The lowest BCUT2D eigenvalue weighted by Gasteiger charge is -2.36. The van der Waals surface area contributed by atoms with E-state index in [1.54, 1.807) is 4.52 Å². The fourth-order valence-corrected chi connectivity index (χ4v) is 4.51. The van der Waals surface area contributed by atoms with E-state index in [0.717, 1.165) is 33.2 Å². The van der Waals surface area contributed by atoms with Crippen molar-refractivity contribution in [1.29, 1.82) is 0 Å². The van der Waals surface area contributed by atoms with Crippen LogP contribution in [0.3, 0.4) is 0 Å². The standard InChI is InChI=1S/C24H21N7O2/c25-23-22-19(9-21(31(22)27-14-26-23)18-11-29(12-18)24(32)33)16-6-7-17-13-30(28-20(17)8-16)10-15-4-2-1-3-5-15/h1-9,13-14,18H,10-12H2,(H,32,33)(H2,25,26,27). The van der Waals surface area contributed by atoms with Crippen LogP contribution in [0.15, 0.2) is 67.1 Å². The third-order valence-electron chi connectivity index (χ3n) is 6.23. The van der Waals surface area contributed by atoms with Crippen LogP contribution in [0, 0.1) is 0 Å². The Morgan fingerprint density at radius 1 is 1.12 bits per heavy atom. The molecule has 1 fully saturated rings. The lowest BCUT2D eigenvalue weighted by atomic mass is 9.96. The van der Waals surface area contributed by atoms with Crippen molar-refractivity contribution in [3.63, 3.8) is 0 Å². The zero-order chi connectivity index (χ0) is 22.5. The predicted octanol–water partition coefficient (Wildman–Crippen LogP) is 3.45. The lowest BCUT2D eigenvalue weighted by molar-refractivity contribution is 0.104. The van der Waals surface area contributed by atoms with Gasteiger partial charge in [0.25, 0.3) is 0 Å². The number of nitrogen functional groups attached to an aromatic ring is 1. The number of hydrogen-bond acceptors (Lipinski definition) is 5. The number of nitrogens with zero attached hydrogens (tertiary/aromatic N) is 6. The van der Waals surface area contributed by atoms with E-state index >= 15 is 0 Å². The highest BCUT2D eigenvalue weighted by molar-refractivity contribution is 5.92. The molecule has 3 N–H and O–H groups in total. The fourth-order valence-electron chi connectivity index (χ4n) is 4.51. The highest BCUT2D eigenvalue weighted by Crippen LogP contribution is 2.37. The number of fused-ring (bicyclic) bond motifs is 2. The Kier molecular flexibility index (Phi) is 4.29. The summed E-state index contributed by atoms with van der Waals surface area (Å²) in [7, 11) is 0. The molecule has 1 aliphatic heterocycles. The Morgan fingerprint density at radius 3 is 2.73 bits per heavy atom. The number of anilines is 1. The second-order valence-corrected chi connectivity index (χ2v) is 8.36. The van der Waals surface area contributed by atoms with Gasteiger partial charge >= 0.3 is 6.09 Å². The molecule has 0 spiro atoms. The molecular formula is C24H21N7O2. The van der Waals surface area contributed by atoms with Gasteiger partial charge in [-0.05, 0) is 23.3 Å². The molecule has 0 unspecified atom stereocenters. The molecule has 33 heavy (non-hydrogen) atoms. The fraction of sp³-hybridized carbons (Fsp3) is 0.167. The molecular weight excluding hydrogens is 418 g/mol. The Hall–Kier alpha value is -4.40. The summed E-state index contributed by atoms with van der Waals surface area (Å²) in [6.45, 7) is 1.58. The van der Waals surface area contributed by atoms with Gasteiger partial charge in [-0.1, -0.05) is 42.5 Å². The summed E-state index contributed by atoms with van der Waals surface area (Å²) in [6, 6.07) is 18.4. The number of hydrogen-bond donors (Lipinski definition) is 2. The molecule has 1 amide bonds. The molecule has 0 bridgehead atoms. The molecule has 3 aromatic heterocycles. The van der Waals surface area contributed by atoms with Crippen molar-refractivity contribution in [1.82, 2.24) is 29.3 Å². The summed E-state index contributed by atoms with van der Waals surface area (Å²) < 4.78 is 3.74. The minimum atomic E-state index is -0.905. The van der Waals surface area contributed by atoms with Crippen LogP contribution in [0.2, 0.25) is 0 Å². The molecule has 9 nitrogen and oxygen atoms in total. The van der Waals surface area contributed by atoms with E-state index < -0.39 is 6.09 Å². The zero-order valence-electron chi connectivity index (χ0n) is 17.7. The number of nitrogens with two attached hydrogens (primary N) is 1. The topological polar surface area (TPSA) is 115 Å². The van der Waals surface area contributed by atoms with E-state index in [2.05, 4.69) is 28.3 Å². The Labute approximate surface area is 188 Å². The van der Waals surface area contributed by atoms with Crippen LogP contribution in [-0.4, -0.2) is 53.6 Å². The van der Waals surface area contributed by atoms with Crippen LogP contribution in [0.5, 0.6) is 0 Å². The van der Waals surface area contributed by atoms with Crippen molar-refractivity contribution in [2.75, 3.05) is 18.8 Å². The summed E-state index contributed by atoms with van der Waals surface area (Å²) in [6.07, 6.45) is 2.57. The number of likely N-dealkylation sites (tertiary alicyclic amines) is 1. The van der Waals surface area contributed by atoms with Crippen molar-refractivity contribution >= 4 is 28.3 Å². The third kappa shape index (κ3) is 3.25. The first-order chi connectivity index (χ1) is 16.1. The predicted molar refractivity (Wildman–Crippen MR) is 124 cm³/mol. The smallest absolute Gasteiger partial charge is 0.407 e. The summed E-state index contributed by atoms with van der Waals surface area (Å²) in [5, 5.41) is 19.4. The Morgan fingerprint density at radius 2 is 1.94 bits per heavy atom. The molecule has 4 heterocycles. The highest BCUT2D eigenvalue weighted by atomic mass is 16.4. The summed E-state index contributed by atoms with van der Waals surface area (Å²) in [5.41, 5.74) is 11.9. The van der Waals surface area contributed by atoms with Gasteiger partial charge in [0.05, 0.1) is 17.8 Å². The second-order valence-electron chi connectivity index (χ2n) is 8.36. The van der Waals surface area contributed by atoms with Crippen LogP contribution >= 0.6 is 0 Å². The molecule has 0 radical (unpaired) electrons. The van der Waals surface area contributed by atoms with Crippen LogP contribution in [0.4, 0.5) is 10.6 Å². The highest BCUT2D eigenvalue weighted by Gasteiger charge is 2.34. The van der Waals surface area contributed by atoms with E-state index in [0.29, 0.717) is 25.5 Å². The van der Waals surface area contributed by atoms with Gasteiger partial charge in [0.15, 0.2) is 5.82 Å². The van der Waals surface area contributed by atoms with E-state index in [1.165, 1.54) is 16.8 Å². The largest absolute Gasteiger partial charge is 0.465 e. The number of carboxylic acid groups (broad SMARTS) is 1. The third-order valence-corrected chi connectivity index (χ3v) is 6.23. The normalized spacial score (nSPS) is 14.1. The molecule has 0 aliphatic carbocycles. The van der Waals surface area contributed by atoms with Crippen LogP contribution < -0.4 is 5.73 Å². The number of carbonyl (C=O) groups is 1. The van der Waals surface area contributed by atoms with Gasteiger partial charge in [-0.25, -0.2) is 14.3 Å². The molecule has 2 aromatic carbocycles. The maximum absolute atomic E-state index is 11.2. The maximum Gasteiger partial charge on any atom is 0.407 e. The lowest BCUT2D eigenvalue weighted by Crippen LogP contribution is -2.48. The number of benzene rings is 2. The van der Waals surface area contributed by atoms with Crippen LogP contribution in [0.1, 0.15) is 17.2 Å². The van der Waals surface area contributed by atoms with Crippen LogP contribution in [0.25, 0.3) is 27.5 Å². The van der Waals surface area contributed by atoms with Crippen molar-refractivity contribution in [3.05, 3.63) is 78.4 Å². The van der Waals surface area contributed by atoms with Gasteiger partial charge in [-0.2, -0.15) is 10.2 Å². The summed E-state index contributed by atoms with van der Waals surface area (Å²) in [4.78, 5) is 16.8. The second kappa shape index (κ2) is 7.33. The minimum Gasteiger partial charge on any atom is -0.465 e. The first-order valence-corrected chi connectivity index (χ1v) is 10.7. The number of aromatic nitrogens is 5. The zero-order valence-corrected chi connectivity index (χ0v) is 17.7. The quantitative estimate of drug-likeness (QED) is 0.443. The monoisotopic (exact) mass is 439 g/mol. The first-order valence-electron chi connectivity index (χ1n) is 10.7. The maximum atomic E-state index is 11.2. The van der Waals surface area contributed by atoms with Crippen molar-refractivity contribution < 1.29 is 9.90 Å². The SMILES string of the molecule is Nc1ncnn2c(C3CN(C(=O)O)C3)cc(-c3ccc4cn(Cc5ccccc5)nc4c3)c12. The Balaban J connectivity index is 1.40. The van der Waals surface area contributed by atoms with E-state index in [1.807, 2.05) is 47.3 Å². The van der Waals surface area contributed by atoms with E-state index in [9.17, 15) is 9.90 Å². The van der Waals surface area contributed by atoms with Crippen molar-refractivity contribution in [2.45, 2.75) is 12.5 Å². The van der Waals surface area contributed by atoms with Crippen molar-refractivity contribution in [2.24, 2.45) is 0 Å². The molecule has 1 saturated heterocycles. The van der Waals surface area contributed by atoms with Crippen LogP contribution in [-0.2, 0) is 6.54 Å². The molecule has 6 rings (SSSR count). The number of amides is 1. The van der Waals surface area contributed by atoms with Crippen molar-refractivity contribution in [3.8, 4) is 11.1 Å². The molecule has 164 valence electrons. The summed E-state index contributed by atoms with van der Waals surface area (Å²) in [5.74, 6) is 0.445. The van der Waals surface area contributed by atoms with Gasteiger partial charge in [0, 0.05) is 36.2 Å². The van der Waals surface area contributed by atoms with Gasteiger partial charge in [0.2, 0.25) is 0 Å². The average Bonchev–Trinajstić information content (AvgIpc) is 3.35. The Bertz CT molecular complexity index is 1500. The van der Waals surface area contributed by atoms with Gasteiger partial charge in [-0.3, -0.25) is 4.68 Å². The molecule has 1 aliphatic rings. The average molecular weight is 439 g/mol. The van der Waals surface area contributed by atoms with Gasteiger partial charge in [-0.15, -0.1) is 0 Å². The van der Waals surface area contributed by atoms with E-state index in [4.69, 9.17) is 10.8 Å². The van der Waals surface area contributed by atoms with Gasteiger partial charge in [0.1, 0.15) is 11.8 Å². The minimum absolute atomic E-state index is 0.0606.